The van der Waals surface area contributed by atoms with Gasteiger partial charge in [-0.25, -0.2) is 0 Å². The predicted octanol–water partition coefficient (Wildman–Crippen LogP) is 3.61. The summed E-state index contributed by atoms with van der Waals surface area (Å²) in [7, 11) is 0. The second kappa shape index (κ2) is 7.51. The maximum absolute atomic E-state index is 12.5. The van der Waals surface area contributed by atoms with E-state index in [1.54, 1.807) is 18.2 Å². The quantitative estimate of drug-likeness (QED) is 0.896. The number of piperidine rings is 1. The van der Waals surface area contributed by atoms with Gasteiger partial charge in [0.15, 0.2) is 0 Å². The van der Waals surface area contributed by atoms with E-state index in [-0.39, 0.29) is 24.4 Å². The molecule has 3 nitrogen and oxygen atoms in total. The summed E-state index contributed by atoms with van der Waals surface area (Å²) in [5.41, 5.74) is 6.32. The average Bonchev–Trinajstić information content (AvgIpc) is 2.36. The maximum Gasteiger partial charge on any atom is 0.254 e. The van der Waals surface area contributed by atoms with Crippen LogP contribution in [-0.4, -0.2) is 29.9 Å². The monoisotopic (exact) mass is 336 g/mol. The van der Waals surface area contributed by atoms with Gasteiger partial charge in [-0.1, -0.05) is 30.1 Å². The van der Waals surface area contributed by atoms with Crippen LogP contribution in [-0.2, 0) is 0 Å². The number of carbonyl (C=O) groups excluding carboxylic acids is 1. The van der Waals surface area contributed by atoms with E-state index in [1.807, 2.05) is 4.90 Å². The number of halogens is 3. The van der Waals surface area contributed by atoms with Crippen LogP contribution in [0.3, 0.4) is 0 Å². The summed E-state index contributed by atoms with van der Waals surface area (Å²) in [4.78, 5) is 14.4. The van der Waals surface area contributed by atoms with E-state index in [2.05, 4.69) is 6.92 Å². The molecule has 1 heterocycles. The fourth-order valence-electron chi connectivity index (χ4n) is 2.59. The lowest BCUT2D eigenvalue weighted by Gasteiger charge is -2.38. The van der Waals surface area contributed by atoms with Gasteiger partial charge in [-0.3, -0.25) is 4.79 Å². The van der Waals surface area contributed by atoms with Crippen molar-refractivity contribution in [2.45, 2.75) is 25.8 Å². The van der Waals surface area contributed by atoms with Gasteiger partial charge in [0, 0.05) is 34.7 Å². The van der Waals surface area contributed by atoms with Crippen molar-refractivity contribution < 1.29 is 4.79 Å². The van der Waals surface area contributed by atoms with Crippen LogP contribution < -0.4 is 5.73 Å². The van der Waals surface area contributed by atoms with Crippen molar-refractivity contribution in [2.75, 3.05) is 13.1 Å². The van der Waals surface area contributed by atoms with Crippen LogP contribution in [0.15, 0.2) is 18.2 Å². The predicted molar refractivity (Wildman–Crippen MR) is 86.0 cm³/mol. The third-order valence-corrected chi connectivity index (χ3v) is 4.06. The molecule has 0 spiro atoms. The molecule has 1 saturated heterocycles. The van der Waals surface area contributed by atoms with Crippen LogP contribution in [0.5, 0.6) is 0 Å². The Morgan fingerprint density at radius 3 is 2.50 bits per heavy atom. The van der Waals surface area contributed by atoms with Crippen LogP contribution in [0, 0.1) is 5.92 Å². The van der Waals surface area contributed by atoms with E-state index in [0.29, 0.717) is 28.1 Å². The first-order chi connectivity index (χ1) is 9.01. The molecule has 0 aliphatic carbocycles. The molecule has 6 heteroatoms. The molecular formula is C14H19Cl3N2O. The van der Waals surface area contributed by atoms with Crippen molar-refractivity contribution in [1.29, 1.82) is 0 Å². The summed E-state index contributed by atoms with van der Waals surface area (Å²) in [5, 5.41) is 0.955. The highest BCUT2D eigenvalue weighted by Gasteiger charge is 2.29. The van der Waals surface area contributed by atoms with Crippen molar-refractivity contribution in [2.24, 2.45) is 11.7 Å². The molecule has 0 bridgehead atoms. The second-order valence-corrected chi connectivity index (χ2v) is 6.05. The Labute approximate surface area is 135 Å². The van der Waals surface area contributed by atoms with Gasteiger partial charge in [-0.2, -0.15) is 0 Å². The van der Waals surface area contributed by atoms with Crippen LogP contribution in [0.4, 0.5) is 0 Å². The minimum Gasteiger partial charge on any atom is -0.334 e. The minimum atomic E-state index is -0.0354. The van der Waals surface area contributed by atoms with E-state index >= 15 is 0 Å². The van der Waals surface area contributed by atoms with E-state index in [4.69, 9.17) is 28.9 Å². The molecule has 1 fully saturated rings. The molecule has 0 saturated carbocycles. The highest BCUT2D eigenvalue weighted by molar-refractivity contribution is 6.35. The Kier molecular flexibility index (Phi) is 6.59. The van der Waals surface area contributed by atoms with Crippen molar-refractivity contribution in [1.82, 2.24) is 4.90 Å². The number of hydrogen-bond donors (Lipinski definition) is 1. The second-order valence-electron chi connectivity index (χ2n) is 5.18. The first-order valence-electron chi connectivity index (χ1n) is 6.48. The third kappa shape index (κ3) is 4.01. The molecule has 2 unspecified atom stereocenters. The Morgan fingerprint density at radius 2 is 1.95 bits per heavy atom. The lowest BCUT2D eigenvalue weighted by Crippen LogP contribution is -2.49. The molecule has 1 aliphatic heterocycles. The molecular weight excluding hydrogens is 319 g/mol. The van der Waals surface area contributed by atoms with E-state index in [0.717, 1.165) is 19.4 Å². The van der Waals surface area contributed by atoms with Gasteiger partial charge < -0.3 is 10.6 Å². The standard InChI is InChI=1S/C14H18Cl2N2O.ClH/c1-9-2-3-18(13(4-9)8-17)14(19)10-5-11(15)7-12(16)6-10;/h5-7,9,13H,2-4,8,17H2,1H3;1H. The highest BCUT2D eigenvalue weighted by Crippen LogP contribution is 2.26. The molecule has 2 rings (SSSR count). The van der Waals surface area contributed by atoms with Crippen LogP contribution >= 0.6 is 35.6 Å². The molecule has 20 heavy (non-hydrogen) atoms. The van der Waals surface area contributed by atoms with Gasteiger partial charge in [0.1, 0.15) is 0 Å². The molecule has 1 amide bonds. The number of amides is 1. The van der Waals surface area contributed by atoms with Crippen LogP contribution in [0.25, 0.3) is 0 Å². The normalized spacial score (nSPS) is 22.3. The van der Waals surface area contributed by atoms with Crippen LogP contribution in [0.1, 0.15) is 30.1 Å². The van der Waals surface area contributed by atoms with Gasteiger partial charge in [0.2, 0.25) is 0 Å². The van der Waals surface area contributed by atoms with Crippen LogP contribution in [0.2, 0.25) is 10.0 Å². The Hall–Kier alpha value is -0.480. The van der Waals surface area contributed by atoms with Gasteiger partial charge in [-0.05, 0) is 37.0 Å². The van der Waals surface area contributed by atoms with Crippen molar-refractivity contribution >= 4 is 41.5 Å². The highest BCUT2D eigenvalue weighted by atomic mass is 35.5. The van der Waals surface area contributed by atoms with E-state index in [9.17, 15) is 4.79 Å². The molecule has 1 aliphatic rings. The summed E-state index contributed by atoms with van der Waals surface area (Å²) in [5.74, 6) is 0.576. The number of carbonyl (C=O) groups is 1. The molecule has 1 aromatic rings. The lowest BCUT2D eigenvalue weighted by molar-refractivity contribution is 0.0573. The summed E-state index contributed by atoms with van der Waals surface area (Å²) >= 11 is 11.9. The SMILES string of the molecule is CC1CCN(C(=O)c2cc(Cl)cc(Cl)c2)C(CN)C1.Cl. The summed E-state index contributed by atoms with van der Waals surface area (Å²) in [6, 6.07) is 5.04. The van der Waals surface area contributed by atoms with Crippen molar-refractivity contribution in [3.8, 4) is 0 Å². The zero-order chi connectivity index (χ0) is 14.0. The Morgan fingerprint density at radius 1 is 1.35 bits per heavy atom. The first-order valence-corrected chi connectivity index (χ1v) is 7.24. The van der Waals surface area contributed by atoms with Crippen molar-refractivity contribution in [3.63, 3.8) is 0 Å². The number of nitrogens with two attached hydrogens (primary N) is 1. The Balaban J connectivity index is 0.00000200. The van der Waals surface area contributed by atoms with Gasteiger partial charge in [-0.15, -0.1) is 12.4 Å². The van der Waals surface area contributed by atoms with Crippen molar-refractivity contribution in [3.05, 3.63) is 33.8 Å². The number of rotatable bonds is 2. The van der Waals surface area contributed by atoms with Gasteiger partial charge >= 0.3 is 0 Å². The minimum absolute atomic E-state index is 0. The largest absolute Gasteiger partial charge is 0.334 e. The fourth-order valence-corrected chi connectivity index (χ4v) is 3.11. The zero-order valence-electron chi connectivity index (χ0n) is 11.3. The molecule has 0 radical (unpaired) electrons. The number of nitrogens with zero attached hydrogens (tertiary/aromatic N) is 1. The zero-order valence-corrected chi connectivity index (χ0v) is 13.6. The molecule has 2 atom stereocenters. The first kappa shape index (κ1) is 17.6. The molecule has 112 valence electrons. The summed E-state index contributed by atoms with van der Waals surface area (Å²) < 4.78 is 0. The molecule has 1 aromatic carbocycles. The third-order valence-electron chi connectivity index (χ3n) is 3.62. The van der Waals surface area contributed by atoms with E-state index in [1.165, 1.54) is 0 Å². The van der Waals surface area contributed by atoms with Gasteiger partial charge in [0.25, 0.3) is 5.91 Å². The number of hydrogen-bond acceptors (Lipinski definition) is 2. The van der Waals surface area contributed by atoms with E-state index < -0.39 is 0 Å². The number of benzene rings is 1. The van der Waals surface area contributed by atoms with Gasteiger partial charge in [0.05, 0.1) is 0 Å². The molecule has 0 aromatic heterocycles. The topological polar surface area (TPSA) is 46.3 Å². The maximum atomic E-state index is 12.5. The number of likely N-dealkylation sites (tertiary alicyclic amines) is 1. The summed E-state index contributed by atoms with van der Waals surface area (Å²) in [6.07, 6.45) is 1.97. The average molecular weight is 338 g/mol. The Bertz CT molecular complexity index is 461. The smallest absolute Gasteiger partial charge is 0.254 e. The lowest BCUT2D eigenvalue weighted by atomic mass is 9.92. The summed E-state index contributed by atoms with van der Waals surface area (Å²) in [6.45, 7) is 3.43. The fraction of sp³-hybridized carbons (Fsp3) is 0.500. The molecule has 2 N–H and O–H groups in total.